The fourth-order valence-electron chi connectivity index (χ4n) is 2.43. The summed E-state index contributed by atoms with van der Waals surface area (Å²) in [6, 6.07) is 0. The molecule has 0 aromatic carbocycles. The molecule has 0 radical (unpaired) electrons. The first kappa shape index (κ1) is 15.4. The van der Waals surface area contributed by atoms with Crippen LogP contribution < -0.4 is 0 Å². The third-order valence-electron chi connectivity index (χ3n) is 3.94. The Hall–Kier alpha value is -1.96. The molecule has 0 saturated carbocycles. The molecule has 0 spiro atoms. The fourth-order valence-corrected chi connectivity index (χ4v) is 2.43. The molecular weight excluding hydrogens is 282 g/mol. The highest BCUT2D eigenvalue weighted by atomic mass is 16.7. The van der Waals surface area contributed by atoms with Gasteiger partial charge in [-0.3, -0.25) is 9.59 Å². The molecule has 2 aliphatic rings. The average Bonchev–Trinajstić information content (AvgIpc) is 2.79. The first-order valence-corrected chi connectivity index (χ1v) is 6.84. The largest absolute Gasteiger partial charge is 0.479 e. The Bertz CT molecular complexity index is 463. The van der Waals surface area contributed by atoms with Crippen LogP contribution in [0.3, 0.4) is 0 Å². The number of ether oxygens (including phenoxy) is 1. The van der Waals surface area contributed by atoms with Crippen molar-refractivity contribution in [1.29, 1.82) is 0 Å². The molecule has 1 N–H and O–H groups in total. The van der Waals surface area contributed by atoms with Crippen molar-refractivity contribution in [3.05, 3.63) is 0 Å². The lowest BCUT2D eigenvalue weighted by molar-refractivity contribution is -0.208. The number of hydroxylamine groups is 2. The Morgan fingerprint density at radius 3 is 2.43 bits per heavy atom. The number of carboxylic acid groups (broad SMARTS) is 1. The van der Waals surface area contributed by atoms with E-state index in [1.54, 1.807) is 6.92 Å². The van der Waals surface area contributed by atoms with Crippen LogP contribution in [0.4, 0.5) is 0 Å². The van der Waals surface area contributed by atoms with Crippen molar-refractivity contribution in [3.63, 3.8) is 0 Å². The molecule has 8 heteroatoms. The second kappa shape index (κ2) is 5.80. The van der Waals surface area contributed by atoms with Crippen LogP contribution in [-0.2, 0) is 28.8 Å². The van der Waals surface area contributed by atoms with E-state index in [1.165, 1.54) is 0 Å². The molecule has 2 atom stereocenters. The number of aliphatic carboxylic acids is 1. The zero-order chi connectivity index (χ0) is 15.6. The Balaban J connectivity index is 1.93. The van der Waals surface area contributed by atoms with Gasteiger partial charge in [0.25, 0.3) is 11.8 Å². The van der Waals surface area contributed by atoms with E-state index in [2.05, 4.69) is 0 Å². The lowest BCUT2D eigenvalue weighted by Crippen LogP contribution is -2.48. The smallest absolute Gasteiger partial charge is 0.338 e. The highest BCUT2D eigenvalue weighted by Gasteiger charge is 2.44. The molecule has 116 valence electrons. The summed E-state index contributed by atoms with van der Waals surface area (Å²) in [6.07, 6.45) is 0.819. The Morgan fingerprint density at radius 1 is 1.38 bits per heavy atom. The van der Waals surface area contributed by atoms with Crippen LogP contribution in [-0.4, -0.2) is 46.1 Å². The molecule has 0 aliphatic carbocycles. The first-order valence-electron chi connectivity index (χ1n) is 6.84. The standard InChI is InChI=1S/C13H17NO7/c1-2-13(12(18)19)6-5-8(7-20-13)11(17)21-14-9(15)3-4-10(14)16/h8H,2-7H2,1H3,(H,18,19). The van der Waals surface area contributed by atoms with Gasteiger partial charge in [0.15, 0.2) is 5.60 Å². The van der Waals surface area contributed by atoms with Crippen LogP contribution in [0.1, 0.15) is 39.0 Å². The number of carboxylic acids is 1. The summed E-state index contributed by atoms with van der Waals surface area (Å²) in [5.41, 5.74) is -1.27. The number of hydrogen-bond acceptors (Lipinski definition) is 6. The van der Waals surface area contributed by atoms with E-state index in [0.29, 0.717) is 11.5 Å². The van der Waals surface area contributed by atoms with Crippen molar-refractivity contribution < 1.29 is 33.9 Å². The van der Waals surface area contributed by atoms with E-state index in [4.69, 9.17) is 9.57 Å². The minimum atomic E-state index is -1.27. The normalized spacial score (nSPS) is 29.6. The molecule has 0 aromatic rings. The van der Waals surface area contributed by atoms with Gasteiger partial charge < -0.3 is 14.7 Å². The lowest BCUT2D eigenvalue weighted by Gasteiger charge is -2.35. The van der Waals surface area contributed by atoms with Gasteiger partial charge in [-0.25, -0.2) is 9.59 Å². The van der Waals surface area contributed by atoms with Gasteiger partial charge in [0.05, 0.1) is 12.5 Å². The van der Waals surface area contributed by atoms with Crippen molar-refractivity contribution in [2.24, 2.45) is 5.92 Å². The Morgan fingerprint density at radius 2 is 2.00 bits per heavy atom. The maximum Gasteiger partial charge on any atom is 0.338 e. The molecule has 2 amide bonds. The number of imide groups is 1. The molecule has 8 nitrogen and oxygen atoms in total. The van der Waals surface area contributed by atoms with Gasteiger partial charge in [-0.15, -0.1) is 5.06 Å². The molecule has 0 bridgehead atoms. The predicted octanol–water partition coefficient (Wildman–Crippen LogP) is 0.254. The Labute approximate surface area is 120 Å². The van der Waals surface area contributed by atoms with Crippen molar-refractivity contribution in [1.82, 2.24) is 5.06 Å². The molecular formula is C13H17NO7. The summed E-state index contributed by atoms with van der Waals surface area (Å²) in [7, 11) is 0. The highest BCUT2D eigenvalue weighted by molar-refractivity contribution is 6.01. The maximum absolute atomic E-state index is 11.9. The highest BCUT2D eigenvalue weighted by Crippen LogP contribution is 2.32. The molecule has 2 aliphatic heterocycles. The van der Waals surface area contributed by atoms with Crippen molar-refractivity contribution in [2.75, 3.05) is 6.61 Å². The number of carbonyl (C=O) groups excluding carboxylic acids is 3. The molecule has 21 heavy (non-hydrogen) atoms. The summed E-state index contributed by atoms with van der Waals surface area (Å²) >= 11 is 0. The number of rotatable bonds is 4. The van der Waals surface area contributed by atoms with E-state index in [0.717, 1.165) is 0 Å². The number of nitrogens with zero attached hydrogens (tertiary/aromatic N) is 1. The molecule has 0 aromatic heterocycles. The van der Waals surface area contributed by atoms with Crippen LogP contribution in [0.15, 0.2) is 0 Å². The topological polar surface area (TPSA) is 110 Å². The van der Waals surface area contributed by atoms with Gasteiger partial charge in [0.2, 0.25) is 0 Å². The third kappa shape index (κ3) is 2.90. The monoisotopic (exact) mass is 299 g/mol. The number of carbonyl (C=O) groups is 4. The van der Waals surface area contributed by atoms with Crippen molar-refractivity contribution in [2.45, 2.75) is 44.6 Å². The summed E-state index contributed by atoms with van der Waals surface area (Å²) < 4.78 is 5.34. The molecule has 2 rings (SSSR count). The quantitative estimate of drug-likeness (QED) is 0.741. The van der Waals surface area contributed by atoms with Gasteiger partial charge in [0, 0.05) is 12.8 Å². The zero-order valence-corrected chi connectivity index (χ0v) is 11.7. The van der Waals surface area contributed by atoms with E-state index < -0.39 is 35.3 Å². The molecule has 2 saturated heterocycles. The van der Waals surface area contributed by atoms with E-state index in [1.807, 2.05) is 0 Å². The zero-order valence-electron chi connectivity index (χ0n) is 11.7. The van der Waals surface area contributed by atoms with Gasteiger partial charge in [-0.2, -0.15) is 0 Å². The number of amides is 2. The molecule has 2 unspecified atom stereocenters. The lowest BCUT2D eigenvalue weighted by atomic mass is 9.87. The third-order valence-corrected chi connectivity index (χ3v) is 3.94. The van der Waals surface area contributed by atoms with Crippen LogP contribution in [0, 0.1) is 5.92 Å². The molecule has 2 fully saturated rings. The predicted molar refractivity (Wildman–Crippen MR) is 66.5 cm³/mol. The van der Waals surface area contributed by atoms with E-state index >= 15 is 0 Å². The second-order valence-electron chi connectivity index (χ2n) is 5.19. The van der Waals surface area contributed by atoms with E-state index in [-0.39, 0.29) is 32.3 Å². The van der Waals surface area contributed by atoms with Gasteiger partial charge in [0.1, 0.15) is 0 Å². The minimum absolute atomic E-state index is 0.0330. The maximum atomic E-state index is 11.9. The van der Waals surface area contributed by atoms with Crippen LogP contribution in [0.25, 0.3) is 0 Å². The number of hydrogen-bond donors (Lipinski definition) is 1. The summed E-state index contributed by atoms with van der Waals surface area (Å²) in [4.78, 5) is 50.7. The summed E-state index contributed by atoms with van der Waals surface area (Å²) in [5, 5.41) is 9.66. The van der Waals surface area contributed by atoms with Gasteiger partial charge in [-0.1, -0.05) is 6.92 Å². The fraction of sp³-hybridized carbons (Fsp3) is 0.692. The second-order valence-corrected chi connectivity index (χ2v) is 5.19. The van der Waals surface area contributed by atoms with E-state index in [9.17, 15) is 24.3 Å². The minimum Gasteiger partial charge on any atom is -0.479 e. The summed E-state index contributed by atoms with van der Waals surface area (Å²) in [5.74, 6) is -3.56. The van der Waals surface area contributed by atoms with Gasteiger partial charge in [-0.05, 0) is 19.3 Å². The summed E-state index contributed by atoms with van der Waals surface area (Å²) in [6.45, 7) is 1.60. The van der Waals surface area contributed by atoms with Crippen molar-refractivity contribution >= 4 is 23.8 Å². The SMILES string of the molecule is CCC1(C(=O)O)CCC(C(=O)ON2C(=O)CCC2=O)CO1. The molecule has 2 heterocycles. The first-order chi connectivity index (χ1) is 9.89. The van der Waals surface area contributed by atoms with Crippen molar-refractivity contribution in [3.8, 4) is 0 Å². The van der Waals surface area contributed by atoms with Crippen LogP contribution in [0.5, 0.6) is 0 Å². The van der Waals surface area contributed by atoms with Gasteiger partial charge >= 0.3 is 11.9 Å². The van der Waals surface area contributed by atoms with Crippen LogP contribution >= 0.6 is 0 Å². The Kier molecular flexibility index (Phi) is 4.26. The average molecular weight is 299 g/mol. The van der Waals surface area contributed by atoms with Crippen LogP contribution in [0.2, 0.25) is 0 Å².